The fraction of sp³-hybridized carbons (Fsp3) is 0.500. The van der Waals surface area contributed by atoms with Crippen LogP contribution < -0.4 is 0 Å². The monoisotopic (exact) mass is 243 g/mol. The number of aliphatic carboxylic acids is 1. The second kappa shape index (κ2) is 6.64. The quantitative estimate of drug-likeness (QED) is 0.504. The Bertz CT molecular complexity index is 332. The van der Waals surface area contributed by atoms with E-state index < -0.39 is 11.9 Å². The van der Waals surface area contributed by atoms with Crippen LogP contribution in [0.15, 0.2) is 12.2 Å². The summed E-state index contributed by atoms with van der Waals surface area (Å²) in [7, 11) is 0. The highest BCUT2D eigenvalue weighted by Gasteiger charge is 2.17. The minimum atomic E-state index is -1.25. The number of esters is 1. The molecule has 94 valence electrons. The van der Waals surface area contributed by atoms with Crippen LogP contribution in [0.4, 0.5) is 0 Å². The van der Waals surface area contributed by atoms with Gasteiger partial charge in [0, 0.05) is 25.2 Å². The van der Waals surface area contributed by atoms with Crippen LogP contribution in [0.1, 0.15) is 0 Å². The number of nitrogens with zero attached hydrogens (tertiary/aromatic N) is 1. The first kappa shape index (κ1) is 13.2. The lowest BCUT2D eigenvalue weighted by Crippen LogP contribution is -2.42. The van der Waals surface area contributed by atoms with Gasteiger partial charge in [-0.25, -0.2) is 9.59 Å². The Morgan fingerprint density at radius 3 is 2.47 bits per heavy atom. The lowest BCUT2D eigenvalue weighted by molar-refractivity contribution is -0.150. The maximum atomic E-state index is 11.5. The minimum absolute atomic E-state index is 0.314. The van der Waals surface area contributed by atoms with Gasteiger partial charge in [0.1, 0.15) is 0 Å². The number of hydrogen-bond donors (Lipinski definition) is 1. The van der Waals surface area contributed by atoms with Crippen molar-refractivity contribution in [1.29, 1.82) is 0 Å². The van der Waals surface area contributed by atoms with Crippen LogP contribution in [0, 0.1) is 0 Å². The number of ether oxygens (including phenoxy) is 2. The maximum absolute atomic E-state index is 11.5. The molecule has 0 radical (unpaired) electrons. The SMILES string of the molecule is O=C(O)C=CC(=O)OCC(=O)N1CCOCC1. The highest BCUT2D eigenvalue weighted by Crippen LogP contribution is 1.98. The molecule has 0 atom stereocenters. The number of rotatable bonds is 4. The molecule has 1 N–H and O–H groups in total. The largest absolute Gasteiger partial charge is 0.478 e. The Kier molecular flexibility index (Phi) is 5.15. The van der Waals surface area contributed by atoms with Gasteiger partial charge < -0.3 is 19.5 Å². The van der Waals surface area contributed by atoms with Crippen LogP contribution in [0.5, 0.6) is 0 Å². The summed E-state index contributed by atoms with van der Waals surface area (Å²) in [5.41, 5.74) is 0. The van der Waals surface area contributed by atoms with Gasteiger partial charge in [0.25, 0.3) is 5.91 Å². The van der Waals surface area contributed by atoms with E-state index >= 15 is 0 Å². The molecule has 0 bridgehead atoms. The second-order valence-electron chi connectivity index (χ2n) is 3.27. The third-order valence-corrected chi connectivity index (χ3v) is 2.06. The Morgan fingerprint density at radius 2 is 1.88 bits per heavy atom. The van der Waals surface area contributed by atoms with Crippen LogP contribution in [0.3, 0.4) is 0 Å². The van der Waals surface area contributed by atoms with Gasteiger partial charge in [0.15, 0.2) is 6.61 Å². The lowest BCUT2D eigenvalue weighted by atomic mass is 10.4. The lowest BCUT2D eigenvalue weighted by Gasteiger charge is -2.26. The van der Waals surface area contributed by atoms with Crippen molar-refractivity contribution in [1.82, 2.24) is 4.90 Å². The number of morpholine rings is 1. The standard InChI is InChI=1S/C10H13NO6/c12-8(11-3-5-16-6-4-11)7-17-10(15)2-1-9(13)14/h1-2H,3-7H2,(H,13,14). The molecule has 1 rings (SSSR count). The first-order chi connectivity index (χ1) is 8.09. The number of carbonyl (C=O) groups excluding carboxylic acids is 2. The van der Waals surface area contributed by atoms with Crippen LogP contribution in [-0.2, 0) is 23.9 Å². The smallest absolute Gasteiger partial charge is 0.331 e. The molecule has 1 amide bonds. The summed E-state index contributed by atoms with van der Waals surface area (Å²) < 4.78 is 9.65. The van der Waals surface area contributed by atoms with E-state index in [-0.39, 0.29) is 12.5 Å². The fourth-order valence-electron chi connectivity index (χ4n) is 1.22. The summed E-state index contributed by atoms with van der Waals surface area (Å²) in [4.78, 5) is 34.1. The zero-order valence-electron chi connectivity index (χ0n) is 9.13. The molecule has 17 heavy (non-hydrogen) atoms. The summed E-state index contributed by atoms with van der Waals surface area (Å²) in [6, 6.07) is 0. The average molecular weight is 243 g/mol. The predicted molar refractivity (Wildman–Crippen MR) is 55.1 cm³/mol. The Balaban J connectivity index is 2.27. The van der Waals surface area contributed by atoms with E-state index in [1.54, 1.807) is 0 Å². The first-order valence-corrected chi connectivity index (χ1v) is 5.03. The number of carbonyl (C=O) groups is 3. The van der Waals surface area contributed by atoms with Crippen molar-refractivity contribution >= 4 is 17.8 Å². The van der Waals surface area contributed by atoms with Crippen LogP contribution >= 0.6 is 0 Å². The fourth-order valence-corrected chi connectivity index (χ4v) is 1.22. The molecule has 0 aromatic heterocycles. The predicted octanol–water partition coefficient (Wildman–Crippen LogP) is -0.971. The van der Waals surface area contributed by atoms with Gasteiger partial charge >= 0.3 is 11.9 Å². The van der Waals surface area contributed by atoms with Crippen LogP contribution in [0.25, 0.3) is 0 Å². The van der Waals surface area contributed by atoms with Gasteiger partial charge in [-0.05, 0) is 0 Å². The first-order valence-electron chi connectivity index (χ1n) is 5.03. The van der Waals surface area contributed by atoms with E-state index in [1.165, 1.54) is 4.90 Å². The highest BCUT2D eigenvalue weighted by molar-refractivity contribution is 5.91. The molecule has 1 fully saturated rings. The van der Waals surface area contributed by atoms with Crippen molar-refractivity contribution in [3.05, 3.63) is 12.2 Å². The highest BCUT2D eigenvalue weighted by atomic mass is 16.5. The molecule has 7 nitrogen and oxygen atoms in total. The van der Waals surface area contributed by atoms with Crippen molar-refractivity contribution in [2.45, 2.75) is 0 Å². The van der Waals surface area contributed by atoms with Crippen LogP contribution in [-0.4, -0.2) is 60.8 Å². The number of carboxylic acids is 1. The van der Waals surface area contributed by atoms with Gasteiger partial charge in [-0.3, -0.25) is 4.79 Å². The molecule has 7 heteroatoms. The Morgan fingerprint density at radius 1 is 1.24 bits per heavy atom. The third-order valence-electron chi connectivity index (χ3n) is 2.06. The summed E-state index contributed by atoms with van der Waals surface area (Å²) in [6.07, 6.45) is 1.41. The normalized spacial score (nSPS) is 15.9. The molecule has 1 heterocycles. The zero-order valence-corrected chi connectivity index (χ0v) is 9.13. The topological polar surface area (TPSA) is 93.1 Å². The molecule has 0 saturated carbocycles. The summed E-state index contributed by atoms with van der Waals surface area (Å²) in [5, 5.41) is 8.26. The Labute approximate surface area is 97.6 Å². The van der Waals surface area contributed by atoms with Crippen molar-refractivity contribution < 1.29 is 29.0 Å². The van der Waals surface area contributed by atoms with Crippen molar-refractivity contribution in [2.24, 2.45) is 0 Å². The van der Waals surface area contributed by atoms with E-state index in [1.807, 2.05) is 0 Å². The average Bonchev–Trinajstić information content (AvgIpc) is 2.34. The molecule has 1 aliphatic rings. The zero-order chi connectivity index (χ0) is 12.7. The van der Waals surface area contributed by atoms with E-state index in [0.29, 0.717) is 32.4 Å². The molecule has 1 saturated heterocycles. The van der Waals surface area contributed by atoms with Gasteiger partial charge in [-0.2, -0.15) is 0 Å². The summed E-state index contributed by atoms with van der Waals surface area (Å²) >= 11 is 0. The third kappa shape index (κ3) is 5.12. The molecule has 1 aliphatic heterocycles. The van der Waals surface area contributed by atoms with E-state index in [4.69, 9.17) is 9.84 Å². The molecular formula is C10H13NO6. The molecule has 0 aromatic carbocycles. The van der Waals surface area contributed by atoms with E-state index in [0.717, 1.165) is 6.08 Å². The molecule has 0 spiro atoms. The Hall–Kier alpha value is -1.89. The van der Waals surface area contributed by atoms with Crippen LogP contribution in [0.2, 0.25) is 0 Å². The van der Waals surface area contributed by atoms with Gasteiger partial charge in [0.05, 0.1) is 13.2 Å². The van der Waals surface area contributed by atoms with Crippen molar-refractivity contribution in [3.8, 4) is 0 Å². The van der Waals surface area contributed by atoms with Gasteiger partial charge in [-0.15, -0.1) is 0 Å². The molecule has 0 aromatic rings. The molecular weight excluding hydrogens is 230 g/mol. The summed E-state index contributed by atoms with van der Waals surface area (Å²) in [6.45, 7) is 1.50. The second-order valence-corrected chi connectivity index (χ2v) is 3.27. The summed E-state index contributed by atoms with van der Waals surface area (Å²) in [5.74, 6) is -2.42. The van der Waals surface area contributed by atoms with E-state index in [2.05, 4.69) is 4.74 Å². The van der Waals surface area contributed by atoms with Crippen molar-refractivity contribution in [3.63, 3.8) is 0 Å². The minimum Gasteiger partial charge on any atom is -0.478 e. The molecule has 0 unspecified atom stereocenters. The number of carboxylic acid groups (broad SMARTS) is 1. The number of amides is 1. The molecule has 0 aliphatic carbocycles. The van der Waals surface area contributed by atoms with Crippen molar-refractivity contribution in [2.75, 3.05) is 32.9 Å². The van der Waals surface area contributed by atoms with Gasteiger partial charge in [-0.1, -0.05) is 0 Å². The van der Waals surface area contributed by atoms with E-state index in [9.17, 15) is 14.4 Å². The number of hydrogen-bond acceptors (Lipinski definition) is 5. The maximum Gasteiger partial charge on any atom is 0.331 e. The van der Waals surface area contributed by atoms with Gasteiger partial charge in [0.2, 0.25) is 0 Å².